The van der Waals surface area contributed by atoms with Crippen LogP contribution >= 0.6 is 15.9 Å². The minimum absolute atomic E-state index is 0.371. The predicted molar refractivity (Wildman–Crippen MR) is 55.6 cm³/mol. The van der Waals surface area contributed by atoms with Crippen LogP contribution in [0, 0.1) is 6.92 Å². The molecule has 0 saturated carbocycles. The molecule has 3 heteroatoms. The topological polar surface area (TPSA) is 37.3 Å². The molecule has 0 aliphatic carbocycles. The van der Waals surface area contributed by atoms with Crippen LogP contribution in [0.5, 0.6) is 0 Å². The zero-order valence-corrected chi connectivity index (χ0v) is 8.97. The third kappa shape index (κ3) is 2.84. The van der Waals surface area contributed by atoms with E-state index in [4.69, 9.17) is 5.11 Å². The van der Waals surface area contributed by atoms with E-state index in [9.17, 15) is 4.79 Å². The van der Waals surface area contributed by atoms with Crippen LogP contribution in [0.1, 0.15) is 21.5 Å². The Morgan fingerprint density at radius 3 is 2.69 bits per heavy atom. The van der Waals surface area contributed by atoms with Crippen molar-refractivity contribution in [3.63, 3.8) is 0 Å². The van der Waals surface area contributed by atoms with Gasteiger partial charge in [-0.3, -0.25) is 0 Å². The van der Waals surface area contributed by atoms with E-state index in [1.54, 1.807) is 12.1 Å². The van der Waals surface area contributed by atoms with E-state index < -0.39 is 5.97 Å². The summed E-state index contributed by atoms with van der Waals surface area (Å²) in [7, 11) is 0. The molecule has 0 fully saturated rings. The summed E-state index contributed by atoms with van der Waals surface area (Å²) in [6.45, 7) is 1.91. The second-order valence-electron chi connectivity index (χ2n) is 2.95. The standard InChI is InChI=1S/C10H11BrO2/c1-7-4-8(2-3-11)6-9(5-7)10(12)13/h4-6H,2-3H2,1H3,(H,12,13). The number of aromatic carboxylic acids is 1. The number of hydrogen-bond donors (Lipinski definition) is 1. The summed E-state index contributed by atoms with van der Waals surface area (Å²) < 4.78 is 0. The molecule has 0 spiro atoms. The fourth-order valence-corrected chi connectivity index (χ4v) is 1.70. The van der Waals surface area contributed by atoms with E-state index in [-0.39, 0.29) is 0 Å². The van der Waals surface area contributed by atoms with E-state index in [1.165, 1.54) is 0 Å². The molecule has 0 aromatic heterocycles. The molecule has 0 bridgehead atoms. The quantitative estimate of drug-likeness (QED) is 0.828. The number of carboxylic acids is 1. The van der Waals surface area contributed by atoms with Crippen molar-refractivity contribution in [2.24, 2.45) is 0 Å². The van der Waals surface area contributed by atoms with Gasteiger partial charge in [-0.2, -0.15) is 0 Å². The molecule has 0 unspecified atom stereocenters. The SMILES string of the molecule is Cc1cc(CCBr)cc(C(=O)O)c1. The summed E-state index contributed by atoms with van der Waals surface area (Å²) in [6, 6.07) is 5.41. The molecular weight excluding hydrogens is 232 g/mol. The molecule has 70 valence electrons. The largest absolute Gasteiger partial charge is 0.478 e. The maximum Gasteiger partial charge on any atom is 0.335 e. The molecule has 0 atom stereocenters. The number of carboxylic acid groups (broad SMARTS) is 1. The first kappa shape index (κ1) is 10.3. The van der Waals surface area contributed by atoms with Gasteiger partial charge in [-0.25, -0.2) is 4.79 Å². The molecule has 13 heavy (non-hydrogen) atoms. The maximum atomic E-state index is 10.7. The van der Waals surface area contributed by atoms with Gasteiger partial charge in [0.2, 0.25) is 0 Å². The number of halogens is 1. The summed E-state index contributed by atoms with van der Waals surface area (Å²) in [6.07, 6.45) is 0.863. The first-order valence-corrected chi connectivity index (χ1v) is 5.15. The van der Waals surface area contributed by atoms with Gasteiger partial charge in [-0.15, -0.1) is 0 Å². The van der Waals surface area contributed by atoms with Crippen LogP contribution in [-0.4, -0.2) is 16.4 Å². The van der Waals surface area contributed by atoms with Crippen LogP contribution in [0.15, 0.2) is 18.2 Å². The third-order valence-electron chi connectivity index (χ3n) is 1.77. The van der Waals surface area contributed by atoms with E-state index in [2.05, 4.69) is 15.9 Å². The van der Waals surface area contributed by atoms with Gasteiger partial charge in [0, 0.05) is 5.33 Å². The third-order valence-corrected chi connectivity index (χ3v) is 2.16. The molecule has 0 amide bonds. The van der Waals surface area contributed by atoms with E-state index in [1.807, 2.05) is 13.0 Å². The lowest BCUT2D eigenvalue weighted by atomic mass is 10.1. The molecule has 2 nitrogen and oxygen atoms in total. The van der Waals surface area contributed by atoms with E-state index in [0.29, 0.717) is 5.56 Å². The average molecular weight is 243 g/mol. The molecule has 0 aliphatic heterocycles. The van der Waals surface area contributed by atoms with Crippen LogP contribution in [0.4, 0.5) is 0 Å². The highest BCUT2D eigenvalue weighted by molar-refractivity contribution is 9.09. The van der Waals surface area contributed by atoms with Crippen LogP contribution in [0.3, 0.4) is 0 Å². The Morgan fingerprint density at radius 2 is 2.15 bits per heavy atom. The first-order chi connectivity index (χ1) is 6.13. The number of benzene rings is 1. The zero-order chi connectivity index (χ0) is 9.84. The lowest BCUT2D eigenvalue weighted by molar-refractivity contribution is 0.0696. The van der Waals surface area contributed by atoms with E-state index in [0.717, 1.165) is 22.9 Å². The monoisotopic (exact) mass is 242 g/mol. The van der Waals surface area contributed by atoms with Gasteiger partial charge < -0.3 is 5.11 Å². The maximum absolute atomic E-state index is 10.7. The van der Waals surface area contributed by atoms with Gasteiger partial charge in [0.15, 0.2) is 0 Å². The molecule has 0 aliphatic rings. The number of carbonyl (C=O) groups is 1. The highest BCUT2D eigenvalue weighted by atomic mass is 79.9. The van der Waals surface area contributed by atoms with Crippen LogP contribution in [-0.2, 0) is 6.42 Å². The molecular formula is C10H11BrO2. The molecule has 1 aromatic rings. The smallest absolute Gasteiger partial charge is 0.335 e. The Kier molecular flexibility index (Phi) is 3.48. The zero-order valence-electron chi connectivity index (χ0n) is 7.38. The minimum Gasteiger partial charge on any atom is -0.478 e. The summed E-state index contributed by atoms with van der Waals surface area (Å²) in [5.74, 6) is -0.862. The Bertz CT molecular complexity index is 321. The van der Waals surface area contributed by atoms with Crippen molar-refractivity contribution in [3.8, 4) is 0 Å². The van der Waals surface area contributed by atoms with Gasteiger partial charge in [0.1, 0.15) is 0 Å². The fourth-order valence-electron chi connectivity index (χ4n) is 1.24. The molecule has 0 radical (unpaired) electrons. The van der Waals surface area contributed by atoms with Gasteiger partial charge in [-0.05, 0) is 31.0 Å². The summed E-state index contributed by atoms with van der Waals surface area (Å²) in [4.78, 5) is 10.7. The molecule has 1 rings (SSSR count). The molecule has 0 saturated heterocycles. The Morgan fingerprint density at radius 1 is 1.46 bits per heavy atom. The number of alkyl halides is 1. The van der Waals surface area contributed by atoms with Crippen LogP contribution in [0.2, 0.25) is 0 Å². The summed E-state index contributed by atoms with van der Waals surface area (Å²) >= 11 is 3.32. The minimum atomic E-state index is -0.862. The summed E-state index contributed by atoms with van der Waals surface area (Å²) in [5.41, 5.74) is 2.43. The average Bonchev–Trinajstić information content (AvgIpc) is 2.03. The normalized spacial score (nSPS) is 10.0. The van der Waals surface area contributed by atoms with Crippen molar-refractivity contribution in [1.29, 1.82) is 0 Å². The number of aryl methyl sites for hydroxylation is 2. The van der Waals surface area contributed by atoms with Crippen molar-refractivity contribution in [2.75, 3.05) is 5.33 Å². The number of hydrogen-bond acceptors (Lipinski definition) is 1. The van der Waals surface area contributed by atoms with Crippen LogP contribution in [0.25, 0.3) is 0 Å². The molecule has 0 heterocycles. The second kappa shape index (κ2) is 4.42. The highest BCUT2D eigenvalue weighted by Gasteiger charge is 2.04. The van der Waals surface area contributed by atoms with Gasteiger partial charge >= 0.3 is 5.97 Å². The second-order valence-corrected chi connectivity index (χ2v) is 3.74. The Labute approximate surface area is 85.7 Å². The summed E-state index contributed by atoms with van der Waals surface area (Å²) in [5, 5.41) is 9.65. The fraction of sp³-hybridized carbons (Fsp3) is 0.300. The Balaban J connectivity index is 3.03. The Hall–Kier alpha value is -0.830. The van der Waals surface area contributed by atoms with Crippen molar-refractivity contribution >= 4 is 21.9 Å². The van der Waals surface area contributed by atoms with Crippen molar-refractivity contribution in [3.05, 3.63) is 34.9 Å². The first-order valence-electron chi connectivity index (χ1n) is 4.03. The van der Waals surface area contributed by atoms with E-state index >= 15 is 0 Å². The van der Waals surface area contributed by atoms with Crippen molar-refractivity contribution in [2.45, 2.75) is 13.3 Å². The highest BCUT2D eigenvalue weighted by Crippen LogP contribution is 2.11. The van der Waals surface area contributed by atoms with Gasteiger partial charge in [0.25, 0.3) is 0 Å². The predicted octanol–water partition coefficient (Wildman–Crippen LogP) is 2.63. The lowest BCUT2D eigenvalue weighted by Gasteiger charge is -2.02. The molecule has 1 aromatic carbocycles. The van der Waals surface area contributed by atoms with Gasteiger partial charge in [0.05, 0.1) is 5.56 Å². The van der Waals surface area contributed by atoms with Crippen LogP contribution < -0.4 is 0 Å². The molecule has 1 N–H and O–H groups in total. The number of rotatable bonds is 3. The van der Waals surface area contributed by atoms with Crippen molar-refractivity contribution < 1.29 is 9.90 Å². The van der Waals surface area contributed by atoms with Gasteiger partial charge in [-0.1, -0.05) is 27.6 Å². The van der Waals surface area contributed by atoms with Crippen molar-refractivity contribution in [1.82, 2.24) is 0 Å². The lowest BCUT2D eigenvalue weighted by Crippen LogP contribution is -1.99.